The molecule has 4 heteroatoms. The van der Waals surface area contributed by atoms with Crippen molar-refractivity contribution in [2.75, 3.05) is 5.01 Å². The number of nitrogens with zero attached hydrogens (tertiary/aromatic N) is 2. The van der Waals surface area contributed by atoms with Gasteiger partial charge in [-0.05, 0) is 51.8 Å². The van der Waals surface area contributed by atoms with Gasteiger partial charge in [0.25, 0.3) is 0 Å². The first-order chi connectivity index (χ1) is 12.8. The summed E-state index contributed by atoms with van der Waals surface area (Å²) in [6.45, 7) is 9.83. The lowest BCUT2D eigenvalue weighted by Crippen LogP contribution is -2.64. The number of esters is 1. The minimum absolute atomic E-state index is 0.249. The molecule has 0 atom stereocenters. The molecule has 1 fully saturated rings. The Kier molecular flexibility index (Phi) is 3.88. The third-order valence-corrected chi connectivity index (χ3v) is 5.18. The Morgan fingerprint density at radius 1 is 0.963 bits per heavy atom. The van der Waals surface area contributed by atoms with Crippen LogP contribution in [-0.2, 0) is 9.53 Å². The maximum atomic E-state index is 12.8. The van der Waals surface area contributed by atoms with Crippen LogP contribution in [-0.4, -0.2) is 16.5 Å². The van der Waals surface area contributed by atoms with Gasteiger partial charge in [0.1, 0.15) is 0 Å². The predicted octanol–water partition coefficient (Wildman–Crippen LogP) is 5.09. The van der Waals surface area contributed by atoms with Gasteiger partial charge in [0, 0.05) is 16.8 Å². The highest BCUT2D eigenvalue weighted by molar-refractivity contribution is 5.95. The number of para-hydroxylation sites is 1. The maximum absolute atomic E-state index is 12.8. The highest BCUT2D eigenvalue weighted by atomic mass is 16.6. The largest absolute Gasteiger partial charge is 0.406 e. The van der Waals surface area contributed by atoms with Gasteiger partial charge in [0.05, 0.1) is 5.69 Å². The van der Waals surface area contributed by atoms with E-state index < -0.39 is 5.54 Å². The number of benzene rings is 2. The van der Waals surface area contributed by atoms with Gasteiger partial charge < -0.3 is 4.74 Å². The number of carbonyl (C=O) groups is 1. The molecule has 2 aliphatic heterocycles. The Bertz CT molecular complexity index is 982. The summed E-state index contributed by atoms with van der Waals surface area (Å²) in [4.78, 5) is 12.8. The fraction of sp³-hybridized carbons (Fsp3) is 0.261. The van der Waals surface area contributed by atoms with Crippen LogP contribution in [0.15, 0.2) is 71.8 Å². The van der Waals surface area contributed by atoms with E-state index in [1.165, 1.54) is 0 Å². The molecule has 0 saturated carbocycles. The summed E-state index contributed by atoms with van der Waals surface area (Å²) in [5, 5.41) is 4.12. The second-order valence-corrected chi connectivity index (χ2v) is 7.72. The number of allylic oxidation sites excluding steroid dienone is 2. The van der Waals surface area contributed by atoms with E-state index in [0.717, 1.165) is 33.7 Å². The van der Waals surface area contributed by atoms with Crippen LogP contribution >= 0.6 is 0 Å². The number of cyclic esters (lactones) is 1. The monoisotopic (exact) mass is 360 g/mol. The minimum atomic E-state index is -0.821. The van der Waals surface area contributed by atoms with Crippen molar-refractivity contribution in [3.63, 3.8) is 0 Å². The smallest absolute Gasteiger partial charge is 0.340 e. The van der Waals surface area contributed by atoms with Crippen molar-refractivity contribution in [1.29, 1.82) is 0 Å². The summed E-state index contributed by atoms with van der Waals surface area (Å²) in [5.41, 5.74) is 5.58. The first-order valence-corrected chi connectivity index (χ1v) is 9.19. The van der Waals surface area contributed by atoms with Crippen LogP contribution in [0, 0.1) is 0 Å². The normalized spacial score (nSPS) is 18.1. The minimum Gasteiger partial charge on any atom is -0.406 e. The highest BCUT2D eigenvalue weighted by Crippen LogP contribution is 2.47. The molecule has 0 N–H and O–H groups in total. The summed E-state index contributed by atoms with van der Waals surface area (Å²) in [6, 6.07) is 18.6. The fourth-order valence-electron chi connectivity index (χ4n) is 3.85. The van der Waals surface area contributed by atoms with Gasteiger partial charge in [0.15, 0.2) is 5.54 Å². The number of hydrogen-bond donors (Lipinski definition) is 0. The van der Waals surface area contributed by atoms with Gasteiger partial charge in [0.2, 0.25) is 5.88 Å². The lowest BCUT2D eigenvalue weighted by molar-refractivity contribution is -0.154. The van der Waals surface area contributed by atoms with E-state index in [1.807, 2.05) is 58.0 Å². The average Bonchev–Trinajstić information content (AvgIpc) is 2.65. The molecule has 4 rings (SSSR count). The molecule has 2 aromatic rings. The third-order valence-electron chi connectivity index (χ3n) is 5.18. The van der Waals surface area contributed by atoms with Crippen molar-refractivity contribution in [3.8, 4) is 0 Å². The molecule has 0 radical (unpaired) electrons. The van der Waals surface area contributed by atoms with Gasteiger partial charge in [-0.15, -0.1) is 0 Å². The van der Waals surface area contributed by atoms with E-state index in [2.05, 4.69) is 41.2 Å². The molecule has 0 amide bonds. The lowest BCUT2D eigenvalue weighted by Gasteiger charge is -2.53. The van der Waals surface area contributed by atoms with Crippen LogP contribution in [0.4, 0.5) is 5.69 Å². The molecule has 2 aromatic carbocycles. The maximum Gasteiger partial charge on any atom is 0.340 e. The molecule has 4 nitrogen and oxygen atoms in total. The molecule has 27 heavy (non-hydrogen) atoms. The Labute approximate surface area is 160 Å². The molecule has 2 heterocycles. The van der Waals surface area contributed by atoms with Gasteiger partial charge in [-0.2, -0.15) is 0 Å². The van der Waals surface area contributed by atoms with Crippen LogP contribution in [0.1, 0.15) is 45.7 Å². The van der Waals surface area contributed by atoms with Gasteiger partial charge in [-0.25, -0.2) is 9.80 Å². The molecular weight excluding hydrogens is 336 g/mol. The first-order valence-electron chi connectivity index (χ1n) is 9.19. The topological polar surface area (TPSA) is 32.8 Å². The van der Waals surface area contributed by atoms with E-state index in [4.69, 9.17) is 4.74 Å². The average molecular weight is 360 g/mol. The SMILES string of the molecule is CC(C)=C1OC(=O)C(C)(C)N2c3ccccc3C(c3ccccc3)=C(C)N12. The zero-order chi connectivity index (χ0) is 19.3. The second-order valence-electron chi connectivity index (χ2n) is 7.72. The first kappa shape index (κ1) is 17.4. The number of hydrazine groups is 1. The Morgan fingerprint density at radius 2 is 1.59 bits per heavy atom. The summed E-state index contributed by atoms with van der Waals surface area (Å²) >= 11 is 0. The Balaban J connectivity index is 2.07. The number of fused-ring (bicyclic) bond motifs is 3. The summed E-state index contributed by atoms with van der Waals surface area (Å²) in [7, 11) is 0. The molecule has 0 aliphatic carbocycles. The third kappa shape index (κ3) is 2.47. The zero-order valence-corrected chi connectivity index (χ0v) is 16.4. The molecule has 0 aromatic heterocycles. The molecule has 0 spiro atoms. The van der Waals surface area contributed by atoms with Crippen LogP contribution in [0.2, 0.25) is 0 Å². The van der Waals surface area contributed by atoms with E-state index in [-0.39, 0.29) is 5.97 Å². The molecular formula is C23H24N2O2. The molecule has 138 valence electrons. The number of hydrogen-bond acceptors (Lipinski definition) is 4. The van der Waals surface area contributed by atoms with E-state index >= 15 is 0 Å². The van der Waals surface area contributed by atoms with Crippen LogP contribution in [0.5, 0.6) is 0 Å². The van der Waals surface area contributed by atoms with Crippen molar-refractivity contribution < 1.29 is 9.53 Å². The molecule has 1 saturated heterocycles. The summed E-state index contributed by atoms with van der Waals surface area (Å²) < 4.78 is 5.79. The highest BCUT2D eigenvalue weighted by Gasteiger charge is 2.50. The predicted molar refractivity (Wildman–Crippen MR) is 107 cm³/mol. The standard InChI is InChI=1S/C23H24N2O2/c1-15(2)21-24-16(3)20(17-11-7-6-8-12-17)18-13-9-10-14-19(18)25(24)23(4,5)22(26)27-21/h6-14H,1-5H3. The van der Waals surface area contributed by atoms with Gasteiger partial charge in [-0.3, -0.25) is 5.01 Å². The Morgan fingerprint density at radius 3 is 2.26 bits per heavy atom. The van der Waals surface area contributed by atoms with Gasteiger partial charge in [-0.1, -0.05) is 48.5 Å². The van der Waals surface area contributed by atoms with Crippen molar-refractivity contribution in [1.82, 2.24) is 5.01 Å². The number of rotatable bonds is 1. The fourth-order valence-corrected chi connectivity index (χ4v) is 3.85. The number of anilines is 1. The van der Waals surface area contributed by atoms with Crippen molar-refractivity contribution in [3.05, 3.63) is 82.9 Å². The van der Waals surface area contributed by atoms with Crippen LogP contribution in [0.25, 0.3) is 5.57 Å². The van der Waals surface area contributed by atoms with E-state index in [1.54, 1.807) is 0 Å². The van der Waals surface area contributed by atoms with Crippen molar-refractivity contribution in [2.45, 2.75) is 40.2 Å². The van der Waals surface area contributed by atoms with Crippen LogP contribution in [0.3, 0.4) is 0 Å². The molecule has 0 bridgehead atoms. The zero-order valence-electron chi connectivity index (χ0n) is 16.4. The quantitative estimate of drug-likeness (QED) is 0.663. The second kappa shape index (κ2) is 6.02. The van der Waals surface area contributed by atoms with E-state index in [9.17, 15) is 4.79 Å². The van der Waals surface area contributed by atoms with Gasteiger partial charge >= 0.3 is 5.97 Å². The summed E-state index contributed by atoms with van der Waals surface area (Å²) in [6.07, 6.45) is 0. The Hall–Kier alpha value is -3.01. The van der Waals surface area contributed by atoms with Crippen molar-refractivity contribution in [2.24, 2.45) is 0 Å². The lowest BCUT2D eigenvalue weighted by atomic mass is 9.90. The van der Waals surface area contributed by atoms with E-state index in [0.29, 0.717) is 5.88 Å². The van der Waals surface area contributed by atoms with Crippen LogP contribution < -0.4 is 5.01 Å². The summed E-state index contributed by atoms with van der Waals surface area (Å²) in [5.74, 6) is 0.334. The molecule has 0 unspecified atom stereocenters. The van der Waals surface area contributed by atoms with Crippen molar-refractivity contribution >= 4 is 17.2 Å². The number of carbonyl (C=O) groups excluding carboxylic acids is 1. The molecule has 2 aliphatic rings. The number of ether oxygens (including phenoxy) is 1.